The lowest BCUT2D eigenvalue weighted by molar-refractivity contribution is 0.141. The number of hydrogen-bond donors (Lipinski definition) is 1. The number of aromatic nitrogens is 4. The van der Waals surface area contributed by atoms with Gasteiger partial charge in [0.05, 0.1) is 24.1 Å². The van der Waals surface area contributed by atoms with Crippen LogP contribution in [0, 0.1) is 12.8 Å². The number of rotatable bonds is 6. The summed E-state index contributed by atoms with van der Waals surface area (Å²) in [7, 11) is 1.73. The van der Waals surface area contributed by atoms with Crippen LogP contribution in [-0.4, -0.2) is 38.8 Å². The summed E-state index contributed by atoms with van der Waals surface area (Å²) in [5.74, 6) is 1.75. The van der Waals surface area contributed by atoms with Crippen molar-refractivity contribution in [2.75, 3.05) is 11.9 Å². The first kappa shape index (κ1) is 20.6. The molecule has 0 aromatic carbocycles. The number of hydrogen-bond acceptors (Lipinski definition) is 6. The van der Waals surface area contributed by atoms with Crippen LogP contribution in [0.1, 0.15) is 63.5 Å². The number of amides is 1. The highest BCUT2D eigenvalue weighted by Gasteiger charge is 2.21. The van der Waals surface area contributed by atoms with E-state index in [0.29, 0.717) is 29.7 Å². The summed E-state index contributed by atoms with van der Waals surface area (Å²) in [4.78, 5) is 17.0. The van der Waals surface area contributed by atoms with Crippen molar-refractivity contribution in [3.63, 3.8) is 0 Å². The van der Waals surface area contributed by atoms with Crippen LogP contribution in [0.3, 0.4) is 0 Å². The molecule has 8 heteroatoms. The Balaban J connectivity index is 1.43. The molecule has 2 aromatic rings. The van der Waals surface area contributed by atoms with Crippen LogP contribution >= 0.6 is 0 Å². The molecular formula is C22H31N5O3. The quantitative estimate of drug-likeness (QED) is 0.742. The molecule has 8 nitrogen and oxygen atoms in total. The second kappa shape index (κ2) is 9.45. The van der Waals surface area contributed by atoms with E-state index in [2.05, 4.69) is 20.6 Å². The number of ether oxygens (including phenoxy) is 2. The van der Waals surface area contributed by atoms with Crippen LogP contribution in [-0.2, 0) is 11.8 Å². The molecule has 0 atom stereocenters. The lowest BCUT2D eigenvalue weighted by Gasteiger charge is -2.23. The van der Waals surface area contributed by atoms with Crippen molar-refractivity contribution in [3.05, 3.63) is 17.8 Å². The van der Waals surface area contributed by atoms with E-state index in [1.165, 1.54) is 36.8 Å². The van der Waals surface area contributed by atoms with Gasteiger partial charge in [-0.15, -0.1) is 5.10 Å². The minimum atomic E-state index is -0.484. The van der Waals surface area contributed by atoms with Crippen LogP contribution in [0.25, 0.3) is 11.4 Å². The van der Waals surface area contributed by atoms with E-state index in [0.717, 1.165) is 37.1 Å². The molecule has 0 radical (unpaired) electrons. The molecule has 0 aliphatic heterocycles. The maximum Gasteiger partial charge on any atom is 0.412 e. The van der Waals surface area contributed by atoms with Crippen molar-refractivity contribution in [1.29, 1.82) is 0 Å². The maximum atomic E-state index is 12.3. The molecule has 2 aliphatic carbocycles. The Hall–Kier alpha value is -2.64. The van der Waals surface area contributed by atoms with Gasteiger partial charge < -0.3 is 9.47 Å². The molecule has 2 saturated carbocycles. The van der Waals surface area contributed by atoms with E-state index in [1.54, 1.807) is 7.05 Å². The molecule has 2 fully saturated rings. The Morgan fingerprint density at radius 1 is 1.13 bits per heavy atom. The second-order valence-corrected chi connectivity index (χ2v) is 8.44. The van der Waals surface area contributed by atoms with Gasteiger partial charge in [0.25, 0.3) is 0 Å². The van der Waals surface area contributed by atoms with Gasteiger partial charge in [-0.2, -0.15) is 0 Å². The molecule has 1 amide bonds. The SMILES string of the molecule is Cc1nc(-c2nnn(C)c2NC(=O)OCC2CCCC2)ccc1OC1CCCCC1. The van der Waals surface area contributed by atoms with E-state index < -0.39 is 6.09 Å². The molecular weight excluding hydrogens is 382 g/mol. The number of nitrogens with one attached hydrogen (secondary N) is 1. The van der Waals surface area contributed by atoms with Crippen LogP contribution < -0.4 is 10.1 Å². The predicted octanol–water partition coefficient (Wildman–Crippen LogP) is 4.64. The number of nitrogens with zero attached hydrogens (tertiary/aromatic N) is 4. The standard InChI is InChI=1S/C22H31N5O3/c1-15-19(30-17-10-4-3-5-11-17)13-12-18(23-15)20-21(27(2)26-25-20)24-22(28)29-14-16-8-6-7-9-16/h12-13,16-17H,3-11,14H2,1-2H3,(H,24,28). The Morgan fingerprint density at radius 2 is 1.87 bits per heavy atom. The summed E-state index contributed by atoms with van der Waals surface area (Å²) in [6.45, 7) is 2.39. The third-order valence-electron chi connectivity index (χ3n) is 6.10. The van der Waals surface area contributed by atoms with Crippen molar-refractivity contribution < 1.29 is 14.3 Å². The average Bonchev–Trinajstić information content (AvgIpc) is 3.39. The van der Waals surface area contributed by atoms with Gasteiger partial charge in [0.2, 0.25) is 0 Å². The number of carbonyl (C=O) groups is 1. The van der Waals surface area contributed by atoms with Crippen molar-refractivity contribution >= 4 is 11.9 Å². The fourth-order valence-corrected chi connectivity index (χ4v) is 4.34. The summed E-state index contributed by atoms with van der Waals surface area (Å²) in [6, 6.07) is 3.80. The minimum absolute atomic E-state index is 0.272. The molecule has 0 spiro atoms. The predicted molar refractivity (Wildman–Crippen MR) is 113 cm³/mol. The molecule has 0 saturated heterocycles. The van der Waals surface area contributed by atoms with Crippen LogP contribution in [0.5, 0.6) is 5.75 Å². The Morgan fingerprint density at radius 3 is 2.60 bits per heavy atom. The number of pyridine rings is 1. The van der Waals surface area contributed by atoms with Gasteiger partial charge in [-0.1, -0.05) is 24.5 Å². The molecule has 30 heavy (non-hydrogen) atoms. The first-order valence-corrected chi connectivity index (χ1v) is 11.1. The van der Waals surface area contributed by atoms with Gasteiger partial charge in [-0.25, -0.2) is 14.5 Å². The van der Waals surface area contributed by atoms with Crippen molar-refractivity contribution in [2.45, 2.75) is 70.8 Å². The number of anilines is 1. The fraction of sp³-hybridized carbons (Fsp3) is 0.636. The molecule has 1 N–H and O–H groups in total. The van der Waals surface area contributed by atoms with E-state index in [1.807, 2.05) is 19.1 Å². The first-order valence-electron chi connectivity index (χ1n) is 11.1. The third-order valence-corrected chi connectivity index (χ3v) is 6.10. The third kappa shape index (κ3) is 4.91. The highest BCUT2D eigenvalue weighted by atomic mass is 16.5. The lowest BCUT2D eigenvalue weighted by atomic mass is 9.98. The van der Waals surface area contributed by atoms with Crippen LogP contribution in [0.15, 0.2) is 12.1 Å². The van der Waals surface area contributed by atoms with Crippen molar-refractivity contribution in [3.8, 4) is 17.1 Å². The number of aryl methyl sites for hydroxylation is 2. The zero-order valence-electron chi connectivity index (χ0n) is 17.9. The van der Waals surface area contributed by atoms with Gasteiger partial charge in [0, 0.05) is 7.05 Å². The van der Waals surface area contributed by atoms with Gasteiger partial charge in [-0.05, 0) is 63.5 Å². The zero-order valence-corrected chi connectivity index (χ0v) is 17.9. The molecule has 162 valence electrons. The van der Waals surface area contributed by atoms with E-state index in [9.17, 15) is 4.79 Å². The maximum absolute atomic E-state index is 12.3. The van der Waals surface area contributed by atoms with Gasteiger partial charge in [-0.3, -0.25) is 5.32 Å². The summed E-state index contributed by atoms with van der Waals surface area (Å²) >= 11 is 0. The summed E-state index contributed by atoms with van der Waals surface area (Å²) in [5.41, 5.74) is 1.96. The number of carbonyl (C=O) groups excluding carboxylic acids is 1. The van der Waals surface area contributed by atoms with Crippen LogP contribution in [0.4, 0.5) is 10.6 Å². The van der Waals surface area contributed by atoms with Crippen LogP contribution in [0.2, 0.25) is 0 Å². The average molecular weight is 414 g/mol. The van der Waals surface area contributed by atoms with Gasteiger partial charge in [0.1, 0.15) is 5.75 Å². The normalized spacial score (nSPS) is 17.8. The Kier molecular flexibility index (Phi) is 6.50. The highest BCUT2D eigenvalue weighted by molar-refractivity contribution is 5.88. The van der Waals surface area contributed by atoms with E-state index >= 15 is 0 Å². The Bertz CT molecular complexity index is 870. The largest absolute Gasteiger partial charge is 0.489 e. The summed E-state index contributed by atoms with van der Waals surface area (Å²) < 4.78 is 13.1. The minimum Gasteiger partial charge on any atom is -0.489 e. The first-order chi connectivity index (χ1) is 14.6. The molecule has 2 heterocycles. The molecule has 0 unspecified atom stereocenters. The van der Waals surface area contributed by atoms with E-state index in [4.69, 9.17) is 9.47 Å². The van der Waals surface area contributed by atoms with Gasteiger partial charge in [0.15, 0.2) is 11.5 Å². The lowest BCUT2D eigenvalue weighted by Crippen LogP contribution is -2.20. The second-order valence-electron chi connectivity index (χ2n) is 8.44. The fourth-order valence-electron chi connectivity index (χ4n) is 4.34. The molecule has 4 rings (SSSR count). The van der Waals surface area contributed by atoms with Crippen molar-refractivity contribution in [1.82, 2.24) is 20.0 Å². The monoisotopic (exact) mass is 413 g/mol. The Labute approximate surface area is 177 Å². The van der Waals surface area contributed by atoms with E-state index in [-0.39, 0.29) is 6.10 Å². The molecule has 0 bridgehead atoms. The smallest absolute Gasteiger partial charge is 0.412 e. The topological polar surface area (TPSA) is 91.2 Å². The summed E-state index contributed by atoms with van der Waals surface area (Å²) in [5, 5.41) is 11.0. The highest BCUT2D eigenvalue weighted by Crippen LogP contribution is 2.30. The van der Waals surface area contributed by atoms with Gasteiger partial charge >= 0.3 is 6.09 Å². The van der Waals surface area contributed by atoms with Crippen molar-refractivity contribution in [2.24, 2.45) is 13.0 Å². The summed E-state index contributed by atoms with van der Waals surface area (Å²) in [6.07, 6.45) is 10.4. The zero-order chi connectivity index (χ0) is 20.9. The molecule has 2 aliphatic rings. The molecule has 2 aromatic heterocycles.